The Bertz CT molecular complexity index is 450. The van der Waals surface area contributed by atoms with Gasteiger partial charge >= 0.3 is 5.97 Å². The lowest BCUT2D eigenvalue weighted by Gasteiger charge is -2.12. The fraction of sp³-hybridized carbons (Fsp3) is 0.273. The monoisotopic (exact) mass is 303 g/mol. The van der Waals surface area contributed by atoms with E-state index < -0.39 is 23.7 Å². The van der Waals surface area contributed by atoms with Crippen LogP contribution >= 0.6 is 15.9 Å². The number of rotatable bonds is 4. The molecule has 1 aromatic carbocycles. The van der Waals surface area contributed by atoms with Gasteiger partial charge in [0.05, 0.1) is 10.0 Å². The van der Waals surface area contributed by atoms with Crippen molar-refractivity contribution in [3.63, 3.8) is 0 Å². The standard InChI is InChI=1S/C11H11BrFNO3/c1-2-8(11(16)17)14-10(15)6-4-3-5-7(12)9(6)13/h3-5,8H,2H2,1H3,(H,14,15)(H,16,17)/t8-/m1/s1. The Balaban J connectivity index is 2.90. The lowest BCUT2D eigenvalue weighted by Crippen LogP contribution is -2.40. The Hall–Kier alpha value is -1.43. The zero-order valence-electron chi connectivity index (χ0n) is 9.04. The van der Waals surface area contributed by atoms with E-state index in [0.717, 1.165) is 0 Å². The number of aliphatic carboxylic acids is 1. The first kappa shape index (κ1) is 13.6. The number of carboxylic acid groups (broad SMARTS) is 1. The van der Waals surface area contributed by atoms with Crippen LogP contribution in [-0.2, 0) is 4.79 Å². The summed E-state index contributed by atoms with van der Waals surface area (Å²) >= 11 is 2.96. The van der Waals surface area contributed by atoms with Gasteiger partial charge in [0.2, 0.25) is 0 Å². The number of amides is 1. The molecule has 6 heteroatoms. The molecule has 1 atom stereocenters. The number of halogens is 2. The van der Waals surface area contributed by atoms with E-state index in [2.05, 4.69) is 21.2 Å². The molecule has 0 aliphatic carbocycles. The van der Waals surface area contributed by atoms with Crippen LogP contribution in [0.4, 0.5) is 4.39 Å². The highest BCUT2D eigenvalue weighted by molar-refractivity contribution is 9.10. The van der Waals surface area contributed by atoms with E-state index in [4.69, 9.17) is 5.11 Å². The van der Waals surface area contributed by atoms with Crippen LogP contribution in [0.5, 0.6) is 0 Å². The van der Waals surface area contributed by atoms with Crippen LogP contribution < -0.4 is 5.32 Å². The van der Waals surface area contributed by atoms with Crippen molar-refractivity contribution in [1.29, 1.82) is 0 Å². The SMILES string of the molecule is CC[C@@H](NC(=O)c1cccc(Br)c1F)C(=O)O. The summed E-state index contributed by atoms with van der Waals surface area (Å²) in [6, 6.07) is 3.25. The van der Waals surface area contributed by atoms with Gasteiger partial charge in [0.25, 0.3) is 5.91 Å². The van der Waals surface area contributed by atoms with Gasteiger partial charge in [-0.05, 0) is 34.5 Å². The second-order valence-electron chi connectivity index (χ2n) is 3.37. The van der Waals surface area contributed by atoms with Crippen molar-refractivity contribution in [1.82, 2.24) is 5.32 Å². The third kappa shape index (κ3) is 3.26. The molecular weight excluding hydrogens is 293 g/mol. The predicted octanol–water partition coefficient (Wildman–Crippen LogP) is 2.18. The number of hydrogen-bond donors (Lipinski definition) is 2. The van der Waals surface area contributed by atoms with Gasteiger partial charge in [-0.1, -0.05) is 13.0 Å². The smallest absolute Gasteiger partial charge is 0.326 e. The van der Waals surface area contributed by atoms with Crippen LogP contribution in [0.1, 0.15) is 23.7 Å². The minimum atomic E-state index is -1.14. The molecule has 92 valence electrons. The predicted molar refractivity (Wildman–Crippen MR) is 63.3 cm³/mol. The van der Waals surface area contributed by atoms with Crippen LogP contribution in [0.15, 0.2) is 22.7 Å². The van der Waals surface area contributed by atoms with E-state index in [1.165, 1.54) is 18.2 Å². The summed E-state index contributed by atoms with van der Waals surface area (Å²) in [5.41, 5.74) is -0.181. The lowest BCUT2D eigenvalue weighted by atomic mass is 10.1. The van der Waals surface area contributed by atoms with Crippen molar-refractivity contribution >= 4 is 27.8 Å². The molecule has 0 saturated carbocycles. The van der Waals surface area contributed by atoms with Gasteiger partial charge in [0.15, 0.2) is 0 Å². The molecule has 0 spiro atoms. The highest BCUT2D eigenvalue weighted by atomic mass is 79.9. The molecule has 2 N–H and O–H groups in total. The maximum Gasteiger partial charge on any atom is 0.326 e. The summed E-state index contributed by atoms with van der Waals surface area (Å²) in [4.78, 5) is 22.4. The normalized spacial score (nSPS) is 11.9. The number of carboxylic acids is 1. The average molecular weight is 304 g/mol. The van der Waals surface area contributed by atoms with Crippen molar-refractivity contribution in [2.45, 2.75) is 19.4 Å². The summed E-state index contributed by atoms with van der Waals surface area (Å²) in [7, 11) is 0. The first-order valence-corrected chi connectivity index (χ1v) is 5.74. The largest absolute Gasteiger partial charge is 0.480 e. The second kappa shape index (κ2) is 5.77. The van der Waals surface area contributed by atoms with Gasteiger partial charge in [-0.25, -0.2) is 9.18 Å². The molecule has 0 heterocycles. The van der Waals surface area contributed by atoms with Gasteiger partial charge in [0.1, 0.15) is 11.9 Å². The zero-order chi connectivity index (χ0) is 13.0. The van der Waals surface area contributed by atoms with Crippen molar-refractivity contribution < 1.29 is 19.1 Å². The van der Waals surface area contributed by atoms with E-state index in [-0.39, 0.29) is 16.5 Å². The zero-order valence-corrected chi connectivity index (χ0v) is 10.6. The van der Waals surface area contributed by atoms with Gasteiger partial charge in [-0.2, -0.15) is 0 Å². The Morgan fingerprint density at radius 1 is 1.53 bits per heavy atom. The second-order valence-corrected chi connectivity index (χ2v) is 4.23. The summed E-state index contributed by atoms with van der Waals surface area (Å²) in [5.74, 6) is -2.58. The summed E-state index contributed by atoms with van der Waals surface area (Å²) in [6.45, 7) is 1.62. The maximum atomic E-state index is 13.6. The quantitative estimate of drug-likeness (QED) is 0.896. The Morgan fingerprint density at radius 3 is 2.71 bits per heavy atom. The number of benzene rings is 1. The molecule has 0 aliphatic heterocycles. The Kier molecular flexibility index (Phi) is 4.62. The first-order valence-electron chi connectivity index (χ1n) is 4.95. The van der Waals surface area contributed by atoms with Crippen molar-refractivity contribution in [2.75, 3.05) is 0 Å². The molecule has 0 saturated heterocycles. The first-order chi connectivity index (χ1) is 7.97. The van der Waals surface area contributed by atoms with Gasteiger partial charge in [0, 0.05) is 0 Å². The molecule has 0 bridgehead atoms. The molecule has 1 amide bonds. The Labute approximate surface area is 106 Å². The van der Waals surface area contributed by atoms with E-state index in [1.807, 2.05) is 0 Å². The molecule has 1 rings (SSSR count). The number of carbonyl (C=O) groups is 2. The van der Waals surface area contributed by atoms with Gasteiger partial charge in [-0.3, -0.25) is 4.79 Å². The van der Waals surface area contributed by atoms with Gasteiger partial charge < -0.3 is 10.4 Å². The van der Waals surface area contributed by atoms with E-state index >= 15 is 0 Å². The van der Waals surface area contributed by atoms with Crippen LogP contribution in [-0.4, -0.2) is 23.0 Å². The van der Waals surface area contributed by atoms with Crippen molar-refractivity contribution in [3.8, 4) is 0 Å². The summed E-state index contributed by atoms with van der Waals surface area (Å²) in [6.07, 6.45) is 0.233. The molecule has 0 aromatic heterocycles. The number of carbonyl (C=O) groups excluding carboxylic acids is 1. The summed E-state index contributed by atoms with van der Waals surface area (Å²) < 4.78 is 13.7. The highest BCUT2D eigenvalue weighted by Crippen LogP contribution is 2.18. The minimum absolute atomic E-state index is 0.161. The maximum absolute atomic E-state index is 13.6. The van der Waals surface area contributed by atoms with Crippen LogP contribution in [0, 0.1) is 5.82 Å². The molecule has 17 heavy (non-hydrogen) atoms. The van der Waals surface area contributed by atoms with Crippen molar-refractivity contribution in [2.24, 2.45) is 0 Å². The molecule has 4 nitrogen and oxygen atoms in total. The van der Waals surface area contributed by atoms with E-state index in [9.17, 15) is 14.0 Å². The average Bonchev–Trinajstić information content (AvgIpc) is 2.28. The van der Waals surface area contributed by atoms with E-state index in [1.54, 1.807) is 6.92 Å². The van der Waals surface area contributed by atoms with Crippen LogP contribution in [0.25, 0.3) is 0 Å². The number of hydrogen-bond acceptors (Lipinski definition) is 2. The molecule has 1 aromatic rings. The third-order valence-corrected chi connectivity index (χ3v) is 2.82. The fourth-order valence-corrected chi connectivity index (χ4v) is 1.62. The highest BCUT2D eigenvalue weighted by Gasteiger charge is 2.21. The molecule has 0 unspecified atom stereocenters. The van der Waals surface area contributed by atoms with E-state index in [0.29, 0.717) is 0 Å². The van der Waals surface area contributed by atoms with Crippen LogP contribution in [0.3, 0.4) is 0 Å². The minimum Gasteiger partial charge on any atom is -0.480 e. The van der Waals surface area contributed by atoms with Crippen molar-refractivity contribution in [3.05, 3.63) is 34.1 Å². The molecule has 0 radical (unpaired) electrons. The summed E-state index contributed by atoms with van der Waals surface area (Å²) in [5, 5.41) is 11.0. The topological polar surface area (TPSA) is 66.4 Å². The van der Waals surface area contributed by atoms with Gasteiger partial charge in [-0.15, -0.1) is 0 Å². The fourth-order valence-electron chi connectivity index (χ4n) is 1.25. The number of nitrogens with one attached hydrogen (secondary N) is 1. The third-order valence-electron chi connectivity index (χ3n) is 2.21. The molecular formula is C11H11BrFNO3. The lowest BCUT2D eigenvalue weighted by molar-refractivity contribution is -0.139. The Morgan fingerprint density at radius 2 is 2.18 bits per heavy atom. The molecule has 0 aliphatic rings. The molecule has 0 fully saturated rings. The van der Waals surface area contributed by atoms with Crippen LogP contribution in [0.2, 0.25) is 0 Å².